The summed E-state index contributed by atoms with van der Waals surface area (Å²) in [6.45, 7) is 2.62. The van der Waals surface area contributed by atoms with Crippen LogP contribution in [-0.2, 0) is 22.6 Å². The number of aliphatic hydroxyl groups is 1. The van der Waals surface area contributed by atoms with Gasteiger partial charge in [-0.3, -0.25) is 19.1 Å². The lowest BCUT2D eigenvalue weighted by atomic mass is 10.0. The average Bonchev–Trinajstić information content (AvgIpc) is 3.63. The van der Waals surface area contributed by atoms with E-state index in [1.165, 1.54) is 25.7 Å². The molecule has 1 saturated carbocycles. The van der Waals surface area contributed by atoms with Gasteiger partial charge in [0.25, 0.3) is 5.91 Å². The summed E-state index contributed by atoms with van der Waals surface area (Å²) in [5.74, 6) is 0.0263. The van der Waals surface area contributed by atoms with Crippen LogP contribution in [0.25, 0.3) is 10.9 Å². The highest BCUT2D eigenvalue weighted by Gasteiger charge is 2.48. The number of rotatable bonds is 9. The second kappa shape index (κ2) is 11.9. The third kappa shape index (κ3) is 5.69. The number of ether oxygens (including phenoxy) is 2. The maximum absolute atomic E-state index is 13.5. The van der Waals surface area contributed by atoms with Gasteiger partial charge in [-0.25, -0.2) is 0 Å². The van der Waals surface area contributed by atoms with Crippen molar-refractivity contribution in [1.29, 1.82) is 0 Å². The number of methoxy groups -OCH3 is 1. The molecule has 1 aliphatic carbocycles. The van der Waals surface area contributed by atoms with Gasteiger partial charge < -0.3 is 14.6 Å². The number of halogens is 1. The number of esters is 1. The van der Waals surface area contributed by atoms with Gasteiger partial charge in [0.2, 0.25) is 0 Å². The molecule has 0 amide bonds. The number of carbonyl (C=O) groups excluding carboxylic acids is 2. The lowest BCUT2D eigenvalue weighted by Gasteiger charge is -2.13. The maximum atomic E-state index is 13.5. The Labute approximate surface area is 250 Å². The summed E-state index contributed by atoms with van der Waals surface area (Å²) >= 11 is 6.02. The first-order valence-corrected chi connectivity index (χ1v) is 14.9. The van der Waals surface area contributed by atoms with Gasteiger partial charge in [-0.05, 0) is 78.9 Å². The van der Waals surface area contributed by atoms with Crippen molar-refractivity contribution in [3.8, 4) is 5.75 Å². The summed E-state index contributed by atoms with van der Waals surface area (Å²) in [5, 5.41) is 12.1. The summed E-state index contributed by atoms with van der Waals surface area (Å²) in [4.78, 5) is 29.0. The topological polar surface area (TPSA) is 80.8 Å². The van der Waals surface area contributed by atoms with Gasteiger partial charge in [0.1, 0.15) is 12.4 Å². The molecule has 1 aromatic heterocycles. The second-order valence-corrected chi connectivity index (χ2v) is 11.7. The Kier molecular flexibility index (Phi) is 8.08. The predicted octanol–water partition coefficient (Wildman–Crippen LogP) is 6.25. The Hall–Kier alpha value is -3.65. The van der Waals surface area contributed by atoms with Crippen molar-refractivity contribution in [2.45, 2.75) is 63.8 Å². The number of nitrogens with zero attached hydrogens (tertiary/aromatic N) is 2. The van der Waals surface area contributed by atoms with E-state index in [0.717, 1.165) is 16.5 Å². The van der Waals surface area contributed by atoms with E-state index in [4.69, 9.17) is 21.1 Å². The Balaban J connectivity index is 1.13. The molecule has 3 aromatic carbocycles. The van der Waals surface area contributed by atoms with E-state index in [2.05, 4.69) is 4.90 Å². The van der Waals surface area contributed by atoms with E-state index >= 15 is 0 Å². The molecule has 2 unspecified atom stereocenters. The van der Waals surface area contributed by atoms with Gasteiger partial charge in [0, 0.05) is 40.3 Å². The number of aromatic nitrogens is 1. The Morgan fingerprint density at radius 2 is 1.69 bits per heavy atom. The van der Waals surface area contributed by atoms with E-state index in [0.29, 0.717) is 51.7 Å². The molecule has 1 saturated heterocycles. The van der Waals surface area contributed by atoms with E-state index < -0.39 is 12.1 Å². The molecule has 4 aromatic rings. The summed E-state index contributed by atoms with van der Waals surface area (Å²) in [5.41, 5.74) is 4.28. The number of aliphatic hydroxyl groups excluding tert-OH is 1. The van der Waals surface area contributed by atoms with Gasteiger partial charge in [0.05, 0.1) is 25.2 Å². The summed E-state index contributed by atoms with van der Waals surface area (Å²) < 4.78 is 12.7. The molecule has 42 heavy (non-hydrogen) atoms. The van der Waals surface area contributed by atoms with Crippen molar-refractivity contribution in [3.63, 3.8) is 0 Å². The first-order chi connectivity index (χ1) is 20.3. The smallest absolute Gasteiger partial charge is 0.310 e. The summed E-state index contributed by atoms with van der Waals surface area (Å²) in [6.07, 6.45) is 4.55. The monoisotopic (exact) mass is 586 g/mol. The Morgan fingerprint density at radius 3 is 2.36 bits per heavy atom. The van der Waals surface area contributed by atoms with Gasteiger partial charge in [0.15, 0.2) is 0 Å². The Morgan fingerprint density at radius 1 is 1.00 bits per heavy atom. The lowest BCUT2D eigenvalue weighted by molar-refractivity contribution is -0.144. The number of benzene rings is 3. The average molecular weight is 587 g/mol. The SMILES string of the molecule is COc1ccc2c(c1)c(CC(=O)OCc1ccc([C@H](O)CN3C4CCCCC43)cc1)c(C)n2C(=O)c1ccc(Cl)cc1. The maximum Gasteiger partial charge on any atom is 0.310 e. The van der Waals surface area contributed by atoms with Crippen molar-refractivity contribution in [3.05, 3.63) is 99.7 Å². The van der Waals surface area contributed by atoms with Crippen LogP contribution in [0.15, 0.2) is 66.7 Å². The van der Waals surface area contributed by atoms with E-state index in [-0.39, 0.29) is 18.9 Å². The molecular weight excluding hydrogens is 552 g/mol. The first kappa shape index (κ1) is 28.5. The fourth-order valence-corrected chi connectivity index (χ4v) is 6.51. The van der Waals surface area contributed by atoms with E-state index in [9.17, 15) is 14.7 Å². The third-order valence-corrected chi connectivity index (χ3v) is 9.01. The minimum atomic E-state index is -0.528. The number of carbonyl (C=O) groups is 2. The highest BCUT2D eigenvalue weighted by atomic mass is 35.5. The number of hydrogen-bond donors (Lipinski definition) is 1. The number of β-amino-alcohol motifs (C(OH)–C–C–N with tert-alkyl or cyclic N) is 1. The van der Waals surface area contributed by atoms with Gasteiger partial charge in [-0.15, -0.1) is 0 Å². The van der Waals surface area contributed by atoms with Crippen LogP contribution < -0.4 is 4.74 Å². The van der Waals surface area contributed by atoms with Crippen molar-refractivity contribution < 1.29 is 24.2 Å². The normalized spacial score (nSPS) is 20.1. The molecule has 0 bridgehead atoms. The standard InChI is InChI=1S/C34H35ClN2O5/c1-21-27(28-17-26(41-2)15-16-29(28)37(21)34(40)24-11-13-25(35)14-12-24)18-33(39)42-20-22-7-9-23(10-8-22)32(38)19-36-30-5-3-4-6-31(30)36/h7-17,30-32,38H,3-6,18-20H2,1-2H3/t30?,31?,32-,36?/m1/s1. The molecule has 2 aliphatic rings. The van der Waals surface area contributed by atoms with Gasteiger partial charge >= 0.3 is 5.97 Å². The molecular formula is C34H35ClN2O5. The zero-order valence-electron chi connectivity index (χ0n) is 23.9. The molecule has 2 heterocycles. The molecule has 0 spiro atoms. The molecule has 3 atom stereocenters. The lowest BCUT2D eigenvalue weighted by Crippen LogP contribution is -2.15. The van der Waals surface area contributed by atoms with Crippen LogP contribution in [0.1, 0.15) is 64.5 Å². The molecule has 1 N–H and O–H groups in total. The second-order valence-electron chi connectivity index (χ2n) is 11.3. The van der Waals surface area contributed by atoms with E-state index in [1.807, 2.05) is 43.3 Å². The van der Waals surface area contributed by atoms with Crippen molar-refractivity contribution >= 4 is 34.4 Å². The van der Waals surface area contributed by atoms with Crippen LogP contribution in [0.4, 0.5) is 0 Å². The van der Waals surface area contributed by atoms with Crippen molar-refractivity contribution in [1.82, 2.24) is 9.47 Å². The van der Waals surface area contributed by atoms with Crippen LogP contribution in [-0.4, -0.2) is 52.2 Å². The van der Waals surface area contributed by atoms with Crippen molar-refractivity contribution in [2.24, 2.45) is 0 Å². The molecule has 2 fully saturated rings. The van der Waals surface area contributed by atoms with Crippen LogP contribution in [0.3, 0.4) is 0 Å². The fraction of sp³-hybridized carbons (Fsp3) is 0.353. The summed E-state index contributed by atoms with van der Waals surface area (Å²) in [6, 6.07) is 21.1. The summed E-state index contributed by atoms with van der Waals surface area (Å²) in [7, 11) is 1.58. The van der Waals surface area contributed by atoms with Crippen molar-refractivity contribution in [2.75, 3.05) is 13.7 Å². The molecule has 8 heteroatoms. The van der Waals surface area contributed by atoms with Crippen LogP contribution in [0.2, 0.25) is 5.02 Å². The quantitative estimate of drug-likeness (QED) is 0.185. The van der Waals surface area contributed by atoms with E-state index in [1.54, 1.807) is 42.0 Å². The molecule has 6 rings (SSSR count). The highest BCUT2D eigenvalue weighted by molar-refractivity contribution is 6.30. The van der Waals surface area contributed by atoms with Gasteiger partial charge in [-0.2, -0.15) is 0 Å². The zero-order chi connectivity index (χ0) is 29.4. The molecule has 0 radical (unpaired) electrons. The van der Waals surface area contributed by atoms with Gasteiger partial charge in [-0.1, -0.05) is 48.7 Å². The number of hydrogen-bond acceptors (Lipinski definition) is 6. The minimum Gasteiger partial charge on any atom is -0.497 e. The first-order valence-electron chi connectivity index (χ1n) is 14.5. The molecule has 218 valence electrons. The van der Waals surface area contributed by atoms with Crippen LogP contribution in [0, 0.1) is 6.92 Å². The Bertz CT molecular complexity index is 1600. The van der Waals surface area contributed by atoms with Crippen LogP contribution >= 0.6 is 11.6 Å². The highest BCUT2D eigenvalue weighted by Crippen LogP contribution is 2.41. The minimum absolute atomic E-state index is 0.00532. The zero-order valence-corrected chi connectivity index (χ0v) is 24.6. The number of fused-ring (bicyclic) bond motifs is 2. The number of likely N-dealkylation sites (tertiary alicyclic amines) is 1. The predicted molar refractivity (Wildman–Crippen MR) is 162 cm³/mol. The third-order valence-electron chi connectivity index (χ3n) is 8.76. The molecule has 7 nitrogen and oxygen atoms in total. The largest absolute Gasteiger partial charge is 0.497 e. The molecule has 1 aliphatic heterocycles. The fourth-order valence-electron chi connectivity index (χ4n) is 6.38. The van der Waals surface area contributed by atoms with Crippen LogP contribution in [0.5, 0.6) is 5.75 Å².